The second kappa shape index (κ2) is 10.6. The van der Waals surface area contributed by atoms with Crippen molar-refractivity contribution in [2.24, 2.45) is 5.73 Å². The Bertz CT molecular complexity index is 1330. The van der Waals surface area contributed by atoms with Crippen LogP contribution in [0, 0.1) is 5.82 Å². The smallest absolute Gasteiger partial charge is 0.248 e. The molecule has 0 atom stereocenters. The molecule has 3 aromatic carbocycles. The number of aromatic nitrogens is 2. The van der Waals surface area contributed by atoms with E-state index in [9.17, 15) is 14.0 Å². The number of nitrogens with two attached hydrogens (primary N) is 1. The highest BCUT2D eigenvalue weighted by molar-refractivity contribution is 8.00. The molecule has 0 saturated carbocycles. The van der Waals surface area contributed by atoms with Crippen molar-refractivity contribution in [2.75, 3.05) is 11.1 Å². The van der Waals surface area contributed by atoms with E-state index in [-0.39, 0.29) is 17.5 Å². The summed E-state index contributed by atoms with van der Waals surface area (Å²) in [6, 6.07) is 22.8. The lowest BCUT2D eigenvalue weighted by atomic mass is 10.1. The van der Waals surface area contributed by atoms with Gasteiger partial charge in [0.25, 0.3) is 0 Å². The van der Waals surface area contributed by atoms with Gasteiger partial charge >= 0.3 is 0 Å². The number of nitrogens with zero attached hydrogens (tertiary/aromatic N) is 2. The molecule has 2 amide bonds. The molecule has 0 unspecified atom stereocenters. The highest BCUT2D eigenvalue weighted by atomic mass is 32.2. The molecule has 0 radical (unpaired) electrons. The molecule has 1 aromatic heterocycles. The van der Waals surface area contributed by atoms with Crippen molar-refractivity contribution in [2.45, 2.75) is 4.90 Å². The number of amides is 2. The topological polar surface area (TPSA) is 90.0 Å². The maximum Gasteiger partial charge on any atom is 0.248 e. The van der Waals surface area contributed by atoms with Gasteiger partial charge in [0.2, 0.25) is 11.8 Å². The number of primary amides is 1. The number of halogens is 1. The minimum absolute atomic E-state index is 0.114. The fraction of sp³-hybridized carbons (Fsp3) is 0.0385. The monoisotopic (exact) mass is 472 g/mol. The van der Waals surface area contributed by atoms with Gasteiger partial charge in [0, 0.05) is 28.3 Å². The van der Waals surface area contributed by atoms with Gasteiger partial charge in [0.15, 0.2) is 0 Å². The quantitative estimate of drug-likeness (QED) is 0.282. The van der Waals surface area contributed by atoms with Crippen LogP contribution >= 0.6 is 11.8 Å². The van der Waals surface area contributed by atoms with Crippen LogP contribution in [0.5, 0.6) is 0 Å². The van der Waals surface area contributed by atoms with Crippen LogP contribution in [-0.2, 0) is 9.59 Å². The van der Waals surface area contributed by atoms with Crippen LogP contribution in [0.25, 0.3) is 23.0 Å². The third-order valence-corrected chi connectivity index (χ3v) is 5.91. The number of rotatable bonds is 8. The first-order valence-corrected chi connectivity index (χ1v) is 11.4. The normalized spacial score (nSPS) is 11.0. The third-order valence-electron chi connectivity index (χ3n) is 4.81. The largest absolute Gasteiger partial charge is 0.369 e. The molecule has 4 rings (SSSR count). The maximum absolute atomic E-state index is 13.4. The number of hydrogen-bond acceptors (Lipinski definition) is 4. The van der Waals surface area contributed by atoms with Gasteiger partial charge in [-0.25, -0.2) is 9.07 Å². The van der Waals surface area contributed by atoms with Crippen LogP contribution in [0.3, 0.4) is 0 Å². The molecule has 34 heavy (non-hydrogen) atoms. The van der Waals surface area contributed by atoms with E-state index >= 15 is 0 Å². The number of anilines is 1. The Morgan fingerprint density at radius 2 is 1.71 bits per heavy atom. The van der Waals surface area contributed by atoms with Gasteiger partial charge < -0.3 is 11.1 Å². The molecule has 3 N–H and O–H groups in total. The SMILES string of the molecule is NC(=O)CSc1ccccc1NC(=O)/C=C/c1cn(-c2ccccc2)nc1-c1ccc(F)cc1. The summed E-state index contributed by atoms with van der Waals surface area (Å²) in [5.74, 6) is -1.00. The van der Waals surface area contributed by atoms with E-state index in [1.54, 1.807) is 35.0 Å². The third kappa shape index (κ3) is 5.79. The van der Waals surface area contributed by atoms with Crippen LogP contribution in [0.15, 0.2) is 96.0 Å². The zero-order valence-corrected chi connectivity index (χ0v) is 18.8. The molecule has 0 bridgehead atoms. The number of para-hydroxylation sites is 2. The van der Waals surface area contributed by atoms with Crippen molar-refractivity contribution in [3.05, 3.63) is 103 Å². The number of nitrogens with one attached hydrogen (secondary N) is 1. The zero-order chi connectivity index (χ0) is 23.9. The fourth-order valence-corrected chi connectivity index (χ4v) is 3.99. The molecule has 0 aliphatic heterocycles. The van der Waals surface area contributed by atoms with Crippen molar-refractivity contribution in [1.82, 2.24) is 9.78 Å². The van der Waals surface area contributed by atoms with E-state index in [0.29, 0.717) is 16.9 Å². The van der Waals surface area contributed by atoms with E-state index in [1.165, 1.54) is 30.0 Å². The lowest BCUT2D eigenvalue weighted by Crippen LogP contribution is -2.13. The lowest BCUT2D eigenvalue weighted by Gasteiger charge is -2.08. The summed E-state index contributed by atoms with van der Waals surface area (Å²) in [5.41, 5.74) is 8.71. The van der Waals surface area contributed by atoms with Crippen molar-refractivity contribution < 1.29 is 14.0 Å². The van der Waals surface area contributed by atoms with Gasteiger partial charge in [-0.05, 0) is 54.6 Å². The van der Waals surface area contributed by atoms with Crippen LogP contribution < -0.4 is 11.1 Å². The predicted molar refractivity (Wildman–Crippen MR) is 133 cm³/mol. The highest BCUT2D eigenvalue weighted by Crippen LogP contribution is 2.27. The van der Waals surface area contributed by atoms with Gasteiger partial charge in [-0.3, -0.25) is 9.59 Å². The summed E-state index contributed by atoms with van der Waals surface area (Å²) < 4.78 is 15.2. The minimum Gasteiger partial charge on any atom is -0.369 e. The Labute approximate surface area is 200 Å². The number of hydrogen-bond donors (Lipinski definition) is 2. The second-order valence-electron chi connectivity index (χ2n) is 7.29. The number of thioether (sulfide) groups is 1. The van der Waals surface area contributed by atoms with E-state index in [0.717, 1.165) is 16.1 Å². The van der Waals surface area contributed by atoms with Gasteiger partial charge in [0.1, 0.15) is 5.82 Å². The van der Waals surface area contributed by atoms with E-state index in [4.69, 9.17) is 5.73 Å². The molecule has 4 aromatic rings. The van der Waals surface area contributed by atoms with Gasteiger partial charge in [-0.2, -0.15) is 5.10 Å². The second-order valence-corrected chi connectivity index (χ2v) is 8.31. The molecule has 0 spiro atoms. The Kier molecular flexibility index (Phi) is 7.19. The zero-order valence-electron chi connectivity index (χ0n) is 18.0. The summed E-state index contributed by atoms with van der Waals surface area (Å²) in [4.78, 5) is 24.5. The van der Waals surface area contributed by atoms with Gasteiger partial charge in [-0.15, -0.1) is 11.8 Å². The fourth-order valence-electron chi connectivity index (χ4n) is 3.24. The average molecular weight is 473 g/mol. The Balaban J connectivity index is 1.60. The summed E-state index contributed by atoms with van der Waals surface area (Å²) in [7, 11) is 0. The van der Waals surface area contributed by atoms with Crippen molar-refractivity contribution in [3.8, 4) is 16.9 Å². The first-order valence-electron chi connectivity index (χ1n) is 10.4. The summed E-state index contributed by atoms with van der Waals surface area (Å²) in [6.45, 7) is 0. The van der Waals surface area contributed by atoms with Crippen LogP contribution in [0.4, 0.5) is 10.1 Å². The number of benzene rings is 3. The standard InChI is InChI=1S/C26H21FN4O2S/c27-20-13-10-18(11-14-20)26-19(16-31(30-26)21-6-2-1-3-7-21)12-15-25(33)29-22-8-4-5-9-23(22)34-17-24(28)32/h1-16H,17H2,(H2,28,32)(H,29,33)/b15-12+. The van der Waals surface area contributed by atoms with Gasteiger partial charge in [0.05, 0.1) is 22.8 Å². The Morgan fingerprint density at radius 1 is 1.00 bits per heavy atom. The molecular formula is C26H21FN4O2S. The average Bonchev–Trinajstić information content (AvgIpc) is 3.27. The summed E-state index contributed by atoms with van der Waals surface area (Å²) >= 11 is 1.26. The Morgan fingerprint density at radius 3 is 2.44 bits per heavy atom. The van der Waals surface area contributed by atoms with Crippen LogP contribution in [-0.4, -0.2) is 27.3 Å². The van der Waals surface area contributed by atoms with Crippen molar-refractivity contribution >= 4 is 35.3 Å². The molecule has 0 aliphatic carbocycles. The highest BCUT2D eigenvalue weighted by Gasteiger charge is 2.12. The van der Waals surface area contributed by atoms with Crippen LogP contribution in [0.1, 0.15) is 5.56 Å². The Hall–Kier alpha value is -4.17. The minimum atomic E-state index is -0.435. The van der Waals surface area contributed by atoms with Crippen molar-refractivity contribution in [1.29, 1.82) is 0 Å². The maximum atomic E-state index is 13.4. The molecule has 170 valence electrons. The molecular weight excluding hydrogens is 451 g/mol. The van der Waals surface area contributed by atoms with Gasteiger partial charge in [-0.1, -0.05) is 30.3 Å². The molecule has 0 saturated heterocycles. The van der Waals surface area contributed by atoms with E-state index in [2.05, 4.69) is 10.4 Å². The molecule has 8 heteroatoms. The molecule has 6 nitrogen and oxygen atoms in total. The van der Waals surface area contributed by atoms with Crippen molar-refractivity contribution in [3.63, 3.8) is 0 Å². The molecule has 0 fully saturated rings. The van der Waals surface area contributed by atoms with Crippen LogP contribution in [0.2, 0.25) is 0 Å². The molecule has 0 aliphatic rings. The summed E-state index contributed by atoms with van der Waals surface area (Å²) in [5, 5.41) is 7.50. The number of carbonyl (C=O) groups is 2. The molecule has 1 heterocycles. The number of carbonyl (C=O) groups excluding carboxylic acids is 2. The first-order chi connectivity index (χ1) is 16.5. The van der Waals surface area contributed by atoms with E-state index in [1.807, 2.05) is 48.7 Å². The lowest BCUT2D eigenvalue weighted by molar-refractivity contribution is -0.115. The predicted octanol–water partition coefficient (Wildman–Crippen LogP) is 4.91. The summed E-state index contributed by atoms with van der Waals surface area (Å²) in [6.07, 6.45) is 4.89. The van der Waals surface area contributed by atoms with E-state index < -0.39 is 5.91 Å². The first kappa shape index (κ1) is 23.0.